The minimum absolute atomic E-state index is 0.131. The van der Waals surface area contributed by atoms with Crippen molar-refractivity contribution in [1.82, 2.24) is 10.3 Å². The van der Waals surface area contributed by atoms with E-state index in [1.165, 1.54) is 9.13 Å². The molecule has 0 atom stereocenters. The summed E-state index contributed by atoms with van der Waals surface area (Å²) in [7, 11) is 0. The van der Waals surface area contributed by atoms with Crippen molar-refractivity contribution in [2.24, 2.45) is 0 Å². The van der Waals surface area contributed by atoms with Gasteiger partial charge in [0.1, 0.15) is 5.01 Å². The summed E-state index contributed by atoms with van der Waals surface area (Å²) in [6, 6.07) is 8.45. The van der Waals surface area contributed by atoms with Gasteiger partial charge in [-0.2, -0.15) is 0 Å². The second-order valence-corrected chi connectivity index (χ2v) is 7.36. The predicted octanol–water partition coefficient (Wildman–Crippen LogP) is 4.30. The first-order valence-electron chi connectivity index (χ1n) is 5.89. The smallest absolute Gasteiger partial charge is 0.123 e. The van der Waals surface area contributed by atoms with Crippen LogP contribution in [0.15, 0.2) is 29.6 Å². The van der Waals surface area contributed by atoms with Gasteiger partial charge in [-0.15, -0.1) is 11.3 Å². The van der Waals surface area contributed by atoms with Gasteiger partial charge in [0.2, 0.25) is 0 Å². The van der Waals surface area contributed by atoms with Crippen molar-refractivity contribution in [2.75, 3.05) is 0 Å². The van der Waals surface area contributed by atoms with Crippen LogP contribution in [0.2, 0.25) is 0 Å². The molecule has 0 fully saturated rings. The van der Waals surface area contributed by atoms with E-state index in [0.717, 1.165) is 17.2 Å². The molecule has 0 aliphatic rings. The number of nitrogens with one attached hydrogen (secondary N) is 1. The number of rotatable bonds is 3. The quantitative estimate of drug-likeness (QED) is 0.813. The summed E-state index contributed by atoms with van der Waals surface area (Å²) < 4.78 is 1.25. The molecule has 1 aromatic heterocycles. The molecule has 0 radical (unpaired) electrons. The zero-order valence-electron chi connectivity index (χ0n) is 10.8. The molecule has 2 rings (SSSR count). The molecule has 0 saturated heterocycles. The Hall–Kier alpha value is -0.460. The molecule has 1 heterocycles. The van der Waals surface area contributed by atoms with Gasteiger partial charge in [-0.05, 0) is 55.5 Å². The monoisotopic (exact) mass is 372 g/mol. The lowest BCUT2D eigenvalue weighted by Gasteiger charge is -2.19. The Kier molecular flexibility index (Phi) is 4.40. The molecule has 4 heteroatoms. The fourth-order valence-corrected chi connectivity index (χ4v) is 2.86. The van der Waals surface area contributed by atoms with Crippen LogP contribution >= 0.6 is 33.9 Å². The van der Waals surface area contributed by atoms with Gasteiger partial charge in [0.15, 0.2) is 0 Å². The number of thiazole rings is 1. The summed E-state index contributed by atoms with van der Waals surface area (Å²) in [4.78, 5) is 4.68. The Morgan fingerprint density at radius 3 is 2.78 bits per heavy atom. The minimum Gasteiger partial charge on any atom is -0.306 e. The third-order valence-corrected chi connectivity index (χ3v) is 4.03. The van der Waals surface area contributed by atoms with Gasteiger partial charge in [0.05, 0.1) is 5.69 Å². The Balaban J connectivity index is 2.11. The van der Waals surface area contributed by atoms with E-state index in [1.54, 1.807) is 11.3 Å². The van der Waals surface area contributed by atoms with E-state index in [1.807, 2.05) is 0 Å². The predicted molar refractivity (Wildman–Crippen MR) is 86.9 cm³/mol. The van der Waals surface area contributed by atoms with Crippen LogP contribution in [0, 0.1) is 3.57 Å². The molecule has 2 aromatic rings. The normalized spacial score (nSPS) is 11.8. The van der Waals surface area contributed by atoms with E-state index in [9.17, 15) is 0 Å². The van der Waals surface area contributed by atoms with E-state index in [2.05, 4.69) is 83.3 Å². The van der Waals surface area contributed by atoms with Crippen molar-refractivity contribution in [3.05, 3.63) is 38.9 Å². The van der Waals surface area contributed by atoms with Crippen molar-refractivity contribution in [2.45, 2.75) is 32.9 Å². The molecule has 18 heavy (non-hydrogen) atoms. The first-order valence-corrected chi connectivity index (χ1v) is 7.85. The van der Waals surface area contributed by atoms with Gasteiger partial charge < -0.3 is 5.32 Å². The average Bonchev–Trinajstić information content (AvgIpc) is 2.74. The summed E-state index contributed by atoms with van der Waals surface area (Å²) in [6.07, 6.45) is 0. The highest BCUT2D eigenvalue weighted by molar-refractivity contribution is 14.1. The number of hydrogen-bond donors (Lipinski definition) is 1. The highest BCUT2D eigenvalue weighted by Crippen LogP contribution is 2.25. The summed E-state index contributed by atoms with van der Waals surface area (Å²) in [5.41, 5.74) is 2.45. The van der Waals surface area contributed by atoms with Crippen LogP contribution in [-0.2, 0) is 6.54 Å². The van der Waals surface area contributed by atoms with E-state index >= 15 is 0 Å². The summed E-state index contributed by atoms with van der Waals surface area (Å²) >= 11 is 4.04. The standard InChI is InChI=1S/C14H17IN2S/c1-14(2,3)16-8-12-9-18-13(17-12)10-5-4-6-11(15)7-10/h4-7,9,16H,8H2,1-3H3. The fraction of sp³-hybridized carbons (Fsp3) is 0.357. The number of aromatic nitrogens is 1. The highest BCUT2D eigenvalue weighted by atomic mass is 127. The van der Waals surface area contributed by atoms with E-state index in [0.29, 0.717) is 0 Å². The van der Waals surface area contributed by atoms with E-state index < -0.39 is 0 Å². The molecule has 0 bridgehead atoms. The van der Waals surface area contributed by atoms with Crippen LogP contribution in [0.4, 0.5) is 0 Å². The molecule has 0 unspecified atom stereocenters. The maximum Gasteiger partial charge on any atom is 0.123 e. The largest absolute Gasteiger partial charge is 0.306 e. The molecule has 96 valence electrons. The van der Waals surface area contributed by atoms with Crippen molar-refractivity contribution < 1.29 is 0 Å². The highest BCUT2D eigenvalue weighted by Gasteiger charge is 2.10. The van der Waals surface area contributed by atoms with Crippen LogP contribution < -0.4 is 5.32 Å². The molecule has 0 spiro atoms. The van der Waals surface area contributed by atoms with Gasteiger partial charge in [0, 0.05) is 26.6 Å². The molecule has 0 aliphatic heterocycles. The van der Waals surface area contributed by atoms with Crippen molar-refractivity contribution >= 4 is 33.9 Å². The van der Waals surface area contributed by atoms with Gasteiger partial charge in [-0.25, -0.2) is 4.98 Å². The maximum atomic E-state index is 4.68. The third kappa shape index (κ3) is 4.03. The molecule has 0 aliphatic carbocycles. The van der Waals surface area contributed by atoms with Crippen LogP contribution in [0.5, 0.6) is 0 Å². The molecular weight excluding hydrogens is 355 g/mol. The second kappa shape index (κ2) is 5.67. The van der Waals surface area contributed by atoms with Crippen molar-refractivity contribution in [3.8, 4) is 10.6 Å². The van der Waals surface area contributed by atoms with Gasteiger partial charge in [-0.3, -0.25) is 0 Å². The van der Waals surface area contributed by atoms with Crippen molar-refractivity contribution in [1.29, 1.82) is 0 Å². The first-order chi connectivity index (χ1) is 8.44. The van der Waals surface area contributed by atoms with Gasteiger partial charge >= 0.3 is 0 Å². The molecular formula is C14H17IN2S. The van der Waals surface area contributed by atoms with Gasteiger partial charge in [-0.1, -0.05) is 12.1 Å². The SMILES string of the molecule is CC(C)(C)NCc1csc(-c2cccc(I)c2)n1. The zero-order valence-corrected chi connectivity index (χ0v) is 13.8. The summed E-state index contributed by atoms with van der Waals surface area (Å²) in [5.74, 6) is 0. The summed E-state index contributed by atoms with van der Waals surface area (Å²) in [5, 5.41) is 6.69. The molecule has 1 aromatic carbocycles. The third-order valence-electron chi connectivity index (χ3n) is 2.42. The average molecular weight is 372 g/mol. The first kappa shape index (κ1) is 14.0. The number of nitrogens with zero attached hydrogens (tertiary/aromatic N) is 1. The lowest BCUT2D eigenvalue weighted by atomic mass is 10.1. The Labute approximate surface area is 126 Å². The summed E-state index contributed by atoms with van der Waals surface area (Å²) in [6.45, 7) is 7.32. The fourth-order valence-electron chi connectivity index (χ4n) is 1.50. The second-order valence-electron chi connectivity index (χ2n) is 5.26. The van der Waals surface area contributed by atoms with Crippen molar-refractivity contribution in [3.63, 3.8) is 0 Å². The lowest BCUT2D eigenvalue weighted by Crippen LogP contribution is -2.35. The molecule has 1 N–H and O–H groups in total. The number of benzene rings is 1. The minimum atomic E-state index is 0.131. The Bertz CT molecular complexity index is 529. The van der Waals surface area contributed by atoms with Crippen LogP contribution in [0.3, 0.4) is 0 Å². The van der Waals surface area contributed by atoms with E-state index in [-0.39, 0.29) is 5.54 Å². The Morgan fingerprint density at radius 1 is 1.33 bits per heavy atom. The Morgan fingerprint density at radius 2 is 2.11 bits per heavy atom. The lowest BCUT2D eigenvalue weighted by molar-refractivity contribution is 0.422. The van der Waals surface area contributed by atoms with Crippen LogP contribution in [0.25, 0.3) is 10.6 Å². The molecule has 0 saturated carbocycles. The van der Waals surface area contributed by atoms with Crippen LogP contribution in [0.1, 0.15) is 26.5 Å². The zero-order chi connectivity index (χ0) is 13.2. The van der Waals surface area contributed by atoms with Crippen LogP contribution in [-0.4, -0.2) is 10.5 Å². The number of halogens is 1. The molecule has 0 amide bonds. The topological polar surface area (TPSA) is 24.9 Å². The van der Waals surface area contributed by atoms with Gasteiger partial charge in [0.25, 0.3) is 0 Å². The van der Waals surface area contributed by atoms with E-state index in [4.69, 9.17) is 0 Å². The molecule has 2 nitrogen and oxygen atoms in total. The maximum absolute atomic E-state index is 4.68. The number of hydrogen-bond acceptors (Lipinski definition) is 3.